The van der Waals surface area contributed by atoms with Gasteiger partial charge in [-0.25, -0.2) is 9.97 Å². The highest BCUT2D eigenvalue weighted by molar-refractivity contribution is 6.01. The zero-order valence-corrected chi connectivity index (χ0v) is 22.7. The average Bonchev–Trinajstić information content (AvgIpc) is 3.25. The number of Topliss-reactive ketones (excluding diaryl/α,β-unsaturated/α-hetero) is 1. The number of rotatable bonds is 8. The summed E-state index contributed by atoms with van der Waals surface area (Å²) in [5.41, 5.74) is 11.2. The monoisotopic (exact) mass is 526 g/mol. The molecule has 3 heterocycles. The fourth-order valence-electron chi connectivity index (χ4n) is 5.01. The zero-order valence-electron chi connectivity index (χ0n) is 22.7. The first kappa shape index (κ1) is 26.7. The number of anilines is 1. The van der Waals surface area contributed by atoms with Crippen LogP contribution in [0.4, 0.5) is 5.69 Å². The number of pyridine rings is 2. The maximum absolute atomic E-state index is 13.3. The summed E-state index contributed by atoms with van der Waals surface area (Å²) in [6.07, 6.45) is 0.266. The Morgan fingerprint density at radius 3 is 2.59 bits per heavy atom. The Bertz CT molecular complexity index is 1560. The van der Waals surface area contributed by atoms with Crippen molar-refractivity contribution < 1.29 is 19.7 Å². The molecule has 1 aliphatic heterocycles. The summed E-state index contributed by atoms with van der Waals surface area (Å²) in [4.78, 5) is 22.6. The molecule has 0 radical (unpaired) electrons. The number of ketones is 1. The van der Waals surface area contributed by atoms with Gasteiger partial charge in [-0.15, -0.1) is 0 Å². The average molecular weight is 527 g/mol. The number of carbonyl (C=O) groups excluding carboxylic acids is 1. The van der Waals surface area contributed by atoms with Crippen LogP contribution < -0.4 is 15.8 Å². The number of aryl methyl sites for hydroxylation is 1. The van der Waals surface area contributed by atoms with Crippen LogP contribution in [0.5, 0.6) is 5.75 Å². The molecule has 0 fully saturated rings. The molecule has 5 N–H and O–H groups in total. The Labute approximate surface area is 227 Å². The van der Waals surface area contributed by atoms with Crippen LogP contribution in [0.1, 0.15) is 59.6 Å². The highest BCUT2D eigenvalue weighted by atomic mass is 16.5. The van der Waals surface area contributed by atoms with Crippen LogP contribution in [0, 0.1) is 6.92 Å². The van der Waals surface area contributed by atoms with Crippen LogP contribution in [0.3, 0.4) is 0 Å². The molecule has 39 heavy (non-hydrogen) atoms. The maximum Gasteiger partial charge on any atom is 0.163 e. The topological polar surface area (TPSA) is 131 Å². The lowest BCUT2D eigenvalue weighted by Crippen LogP contribution is -2.35. The second kappa shape index (κ2) is 10.0. The van der Waals surface area contributed by atoms with E-state index in [1.54, 1.807) is 25.1 Å². The Balaban J connectivity index is 1.45. The van der Waals surface area contributed by atoms with Gasteiger partial charge in [0, 0.05) is 35.0 Å². The van der Waals surface area contributed by atoms with E-state index in [-0.39, 0.29) is 25.2 Å². The molecule has 202 valence electrons. The summed E-state index contributed by atoms with van der Waals surface area (Å²) in [6, 6.07) is 16.9. The Morgan fingerprint density at radius 2 is 1.90 bits per heavy atom. The number of aliphatic hydroxyl groups excluding tert-OH is 1. The molecule has 2 atom stereocenters. The number of benzene rings is 2. The third-order valence-electron chi connectivity index (χ3n) is 7.50. The number of carbonyl (C=O) groups is 1. The van der Waals surface area contributed by atoms with Crippen molar-refractivity contribution in [3.05, 3.63) is 82.7 Å². The summed E-state index contributed by atoms with van der Waals surface area (Å²) in [5, 5.41) is 25.2. The van der Waals surface area contributed by atoms with Crippen LogP contribution in [0.25, 0.3) is 22.2 Å². The molecule has 0 amide bonds. The van der Waals surface area contributed by atoms with E-state index in [1.165, 1.54) is 7.11 Å². The smallest absolute Gasteiger partial charge is 0.163 e. The van der Waals surface area contributed by atoms with Crippen molar-refractivity contribution in [3.8, 4) is 17.0 Å². The normalized spacial score (nSPS) is 17.9. The van der Waals surface area contributed by atoms with Gasteiger partial charge >= 0.3 is 0 Å². The summed E-state index contributed by atoms with van der Waals surface area (Å²) in [7, 11) is 1.52. The van der Waals surface area contributed by atoms with Crippen molar-refractivity contribution >= 4 is 22.4 Å². The van der Waals surface area contributed by atoms with Gasteiger partial charge in [0.15, 0.2) is 5.78 Å². The Hall–Kier alpha value is -3.85. The molecule has 2 unspecified atom stereocenters. The minimum Gasteiger partial charge on any atom is -0.494 e. The third kappa shape index (κ3) is 5.11. The lowest BCUT2D eigenvalue weighted by molar-refractivity contribution is 0.0397. The van der Waals surface area contributed by atoms with Crippen LogP contribution in [-0.2, 0) is 17.7 Å². The molecular weight excluding hydrogens is 492 g/mol. The number of aromatic nitrogens is 2. The number of nitrogens with two attached hydrogens (primary N) is 1. The second-order valence-electron chi connectivity index (χ2n) is 10.8. The molecule has 0 saturated carbocycles. The van der Waals surface area contributed by atoms with Crippen LogP contribution in [0.2, 0.25) is 0 Å². The summed E-state index contributed by atoms with van der Waals surface area (Å²) < 4.78 is 5.48. The fourth-order valence-corrected chi connectivity index (χ4v) is 5.01. The Morgan fingerprint density at radius 1 is 1.15 bits per heavy atom. The van der Waals surface area contributed by atoms with Gasteiger partial charge in [0.2, 0.25) is 0 Å². The molecule has 8 heteroatoms. The molecular formula is C31H34N4O4. The van der Waals surface area contributed by atoms with Gasteiger partial charge in [-0.2, -0.15) is 0 Å². The van der Waals surface area contributed by atoms with E-state index in [1.807, 2.05) is 50.2 Å². The van der Waals surface area contributed by atoms with E-state index in [4.69, 9.17) is 15.5 Å². The lowest BCUT2D eigenvalue weighted by atomic mass is 9.87. The number of methoxy groups -OCH3 is 1. The van der Waals surface area contributed by atoms with Gasteiger partial charge in [0.05, 0.1) is 42.0 Å². The van der Waals surface area contributed by atoms with Gasteiger partial charge in [-0.3, -0.25) is 4.79 Å². The van der Waals surface area contributed by atoms with E-state index >= 15 is 0 Å². The van der Waals surface area contributed by atoms with E-state index < -0.39 is 11.1 Å². The second-order valence-corrected chi connectivity index (χ2v) is 10.8. The predicted octanol–water partition coefficient (Wildman–Crippen LogP) is 4.58. The van der Waals surface area contributed by atoms with Gasteiger partial charge < -0.3 is 26.0 Å². The molecule has 2 aromatic carbocycles. The first-order chi connectivity index (χ1) is 18.5. The van der Waals surface area contributed by atoms with E-state index in [0.29, 0.717) is 34.8 Å². The van der Waals surface area contributed by atoms with Crippen molar-refractivity contribution in [2.45, 2.75) is 51.4 Å². The molecule has 0 aliphatic carbocycles. The summed E-state index contributed by atoms with van der Waals surface area (Å²) in [6.45, 7) is 6.05. The fraction of sp³-hybridized carbons (Fsp3) is 0.323. The van der Waals surface area contributed by atoms with Crippen molar-refractivity contribution in [2.75, 3.05) is 19.0 Å². The number of hydrogen-bond acceptors (Lipinski definition) is 8. The number of nitrogens with zero attached hydrogens (tertiary/aromatic N) is 2. The van der Waals surface area contributed by atoms with Gasteiger partial charge in [-0.05, 0) is 51.5 Å². The highest BCUT2D eigenvalue weighted by Gasteiger charge is 2.36. The minimum atomic E-state index is -1.37. The zero-order chi connectivity index (χ0) is 27.9. The third-order valence-corrected chi connectivity index (χ3v) is 7.50. The number of aliphatic hydroxyl groups is 2. The number of nitrogens with one attached hydrogen (secondary N) is 1. The first-order valence-corrected chi connectivity index (χ1v) is 13.0. The Kier molecular flexibility index (Phi) is 6.88. The van der Waals surface area contributed by atoms with Crippen LogP contribution >= 0.6 is 0 Å². The highest BCUT2D eigenvalue weighted by Crippen LogP contribution is 2.42. The number of fused-ring (bicyclic) bond motifs is 2. The molecule has 5 rings (SSSR count). The van der Waals surface area contributed by atoms with Crippen molar-refractivity contribution in [2.24, 2.45) is 5.73 Å². The SMILES string of the molecule is COc1cc(C(=O)CCC(C)(O)c2cc3c(c(-c4ccc(C)cc4)n2)NCC3(C)N)cc2ccc(CO)nc12. The lowest BCUT2D eigenvalue weighted by Gasteiger charge is -2.26. The van der Waals surface area contributed by atoms with Gasteiger partial charge in [0.1, 0.15) is 16.9 Å². The number of ether oxygens (including phenoxy) is 1. The van der Waals surface area contributed by atoms with Gasteiger partial charge in [0.25, 0.3) is 0 Å². The van der Waals surface area contributed by atoms with Crippen molar-refractivity contribution in [3.63, 3.8) is 0 Å². The van der Waals surface area contributed by atoms with E-state index in [2.05, 4.69) is 10.3 Å². The summed E-state index contributed by atoms with van der Waals surface area (Å²) in [5.74, 6) is 0.322. The first-order valence-electron chi connectivity index (χ1n) is 13.0. The largest absolute Gasteiger partial charge is 0.494 e. The quantitative estimate of drug-likeness (QED) is 0.246. The molecule has 0 bridgehead atoms. The summed E-state index contributed by atoms with van der Waals surface area (Å²) >= 11 is 0. The van der Waals surface area contributed by atoms with E-state index in [0.717, 1.165) is 33.5 Å². The molecule has 0 saturated heterocycles. The number of hydrogen-bond donors (Lipinski definition) is 4. The van der Waals surface area contributed by atoms with E-state index in [9.17, 15) is 15.0 Å². The standard InChI is InChI=1S/C31H34N4O4/c1-18-5-7-19(8-6-18)28-29-23(30(2,32)17-33-29)15-26(35-28)31(3,38)12-11-24(37)21-13-20-9-10-22(16-36)34-27(20)25(14-21)39-4/h5-10,13-15,33,36,38H,11-12,16-17,32H2,1-4H3. The predicted molar refractivity (Wildman–Crippen MR) is 152 cm³/mol. The van der Waals surface area contributed by atoms with Crippen molar-refractivity contribution in [1.29, 1.82) is 0 Å². The minimum absolute atomic E-state index is 0.0978. The van der Waals surface area contributed by atoms with Gasteiger partial charge in [-0.1, -0.05) is 35.9 Å². The molecule has 8 nitrogen and oxygen atoms in total. The molecule has 4 aromatic rings. The molecule has 0 spiro atoms. The maximum atomic E-state index is 13.3. The van der Waals surface area contributed by atoms with Crippen LogP contribution in [-0.4, -0.2) is 39.6 Å². The van der Waals surface area contributed by atoms with Crippen molar-refractivity contribution in [1.82, 2.24) is 9.97 Å². The van der Waals surface area contributed by atoms with Crippen LogP contribution in [0.15, 0.2) is 54.6 Å². The molecule has 1 aliphatic rings. The molecule has 2 aromatic heterocycles.